The van der Waals surface area contributed by atoms with E-state index in [1.165, 1.54) is 78.2 Å². The van der Waals surface area contributed by atoms with Crippen LogP contribution in [-0.4, -0.2) is 13.1 Å². The fourth-order valence-electron chi connectivity index (χ4n) is 4.73. The molecule has 3 saturated carbocycles. The molecule has 27 heavy (non-hydrogen) atoms. The minimum atomic E-state index is -0.245. The molecule has 3 fully saturated rings. The summed E-state index contributed by atoms with van der Waals surface area (Å²) >= 11 is 0. The van der Waals surface area contributed by atoms with Crippen LogP contribution in [0.5, 0.6) is 0 Å². The van der Waals surface area contributed by atoms with Crippen LogP contribution in [0.3, 0.4) is 0 Å². The van der Waals surface area contributed by atoms with Crippen LogP contribution >= 0.6 is 0 Å². The second kappa shape index (κ2) is 17.6. The normalized spacial score (nSPS) is 30.1. The molecule has 0 aromatic rings. The van der Waals surface area contributed by atoms with Crippen molar-refractivity contribution in [3.63, 3.8) is 0 Å². The minimum Gasteiger partial charge on any atom is -0.469 e. The molecule has 2 atom stereocenters. The molecule has 0 aliphatic heterocycles. The molecule has 0 spiro atoms. The van der Waals surface area contributed by atoms with Gasteiger partial charge in [-0.25, -0.2) is 0 Å². The van der Waals surface area contributed by atoms with Crippen LogP contribution in [0.2, 0.25) is 0 Å². The number of methoxy groups -OCH3 is 1. The van der Waals surface area contributed by atoms with Gasteiger partial charge >= 0.3 is 5.97 Å². The van der Waals surface area contributed by atoms with Crippen molar-refractivity contribution < 1.29 is 9.53 Å². The lowest BCUT2D eigenvalue weighted by atomic mass is 9.69. The number of carbonyl (C=O) groups is 1. The van der Waals surface area contributed by atoms with Crippen LogP contribution in [-0.2, 0) is 9.53 Å². The molecule has 0 amide bonds. The molecule has 2 unspecified atom stereocenters. The van der Waals surface area contributed by atoms with Gasteiger partial charge in [0.1, 0.15) is 0 Å². The van der Waals surface area contributed by atoms with Crippen LogP contribution in [0.4, 0.5) is 0 Å². The second-order valence-corrected chi connectivity index (χ2v) is 8.87. The molecule has 0 radical (unpaired) electrons. The van der Waals surface area contributed by atoms with Gasteiger partial charge in [0.25, 0.3) is 0 Å². The Morgan fingerprint density at radius 3 is 1.48 bits per heavy atom. The second-order valence-electron chi connectivity index (χ2n) is 8.87. The first kappa shape index (κ1) is 26.5. The molecular formula is C25H50O2. The summed E-state index contributed by atoms with van der Waals surface area (Å²) in [5.41, 5.74) is 0. The molecule has 2 nitrogen and oxygen atoms in total. The van der Waals surface area contributed by atoms with Crippen LogP contribution in [0.1, 0.15) is 125 Å². The molecule has 0 aromatic heterocycles. The lowest BCUT2D eigenvalue weighted by molar-refractivity contribution is -0.137. The standard InChI is InChI=1S/C14H26.C6H12.C3H6O2.C2H6/c1-11-6-8-13(9-7-11)14-5-3-4-12(2)10-14;1-2-4-6-5-3-1;1-3(4)5-2;1-2/h11-14H,3-10H2,1-2H3;1-6H2;1-2H3;1-2H3. The zero-order valence-electron chi connectivity index (χ0n) is 19.5. The number of esters is 1. The number of hydrogen-bond acceptors (Lipinski definition) is 2. The molecule has 2 heteroatoms. The third kappa shape index (κ3) is 14.2. The number of carbonyl (C=O) groups excluding carboxylic acids is 1. The summed E-state index contributed by atoms with van der Waals surface area (Å²) in [6.45, 7) is 10.2. The predicted molar refractivity (Wildman–Crippen MR) is 119 cm³/mol. The topological polar surface area (TPSA) is 26.3 Å². The van der Waals surface area contributed by atoms with Crippen molar-refractivity contribution in [1.82, 2.24) is 0 Å². The molecule has 3 aliphatic rings. The van der Waals surface area contributed by atoms with E-state index in [1.54, 1.807) is 25.7 Å². The Kier molecular flexibility index (Phi) is 17.2. The van der Waals surface area contributed by atoms with E-state index < -0.39 is 0 Å². The van der Waals surface area contributed by atoms with Crippen molar-refractivity contribution in [2.24, 2.45) is 23.7 Å². The maximum Gasteiger partial charge on any atom is 0.302 e. The smallest absolute Gasteiger partial charge is 0.302 e. The maximum absolute atomic E-state index is 9.59. The molecule has 0 bridgehead atoms. The number of rotatable bonds is 1. The van der Waals surface area contributed by atoms with E-state index in [2.05, 4.69) is 18.6 Å². The summed E-state index contributed by atoms with van der Waals surface area (Å²) in [5.74, 6) is 4.01. The Bertz CT molecular complexity index is 316. The number of ether oxygens (including phenoxy) is 1. The SMILES string of the molecule is C1CCCCC1.CC.CC1CCC(C2CCCC(C)C2)CC1.COC(C)=O. The Balaban J connectivity index is 0.000000432. The van der Waals surface area contributed by atoms with Crippen LogP contribution < -0.4 is 0 Å². The highest BCUT2D eigenvalue weighted by Crippen LogP contribution is 2.41. The molecular weight excluding hydrogens is 332 g/mol. The van der Waals surface area contributed by atoms with Gasteiger partial charge in [-0.15, -0.1) is 0 Å². The fraction of sp³-hybridized carbons (Fsp3) is 0.960. The van der Waals surface area contributed by atoms with E-state index in [1.807, 2.05) is 13.8 Å². The first-order valence-electron chi connectivity index (χ1n) is 12.1. The van der Waals surface area contributed by atoms with Crippen LogP contribution in [0, 0.1) is 23.7 Å². The van der Waals surface area contributed by atoms with Gasteiger partial charge in [-0.05, 0) is 42.9 Å². The summed E-state index contributed by atoms with van der Waals surface area (Å²) in [6, 6.07) is 0. The summed E-state index contributed by atoms with van der Waals surface area (Å²) in [6.07, 6.45) is 21.2. The molecule has 0 N–H and O–H groups in total. The van der Waals surface area contributed by atoms with Gasteiger partial charge in [0, 0.05) is 6.92 Å². The molecule has 3 rings (SSSR count). The summed E-state index contributed by atoms with van der Waals surface area (Å²) in [4.78, 5) is 9.59. The van der Waals surface area contributed by atoms with Gasteiger partial charge < -0.3 is 4.74 Å². The fourth-order valence-corrected chi connectivity index (χ4v) is 4.73. The quantitative estimate of drug-likeness (QED) is 0.427. The van der Waals surface area contributed by atoms with Gasteiger partial charge in [-0.2, -0.15) is 0 Å². The Hall–Kier alpha value is -0.530. The van der Waals surface area contributed by atoms with Crippen molar-refractivity contribution in [1.29, 1.82) is 0 Å². The summed E-state index contributed by atoms with van der Waals surface area (Å²) in [5, 5.41) is 0. The highest BCUT2D eigenvalue weighted by Gasteiger charge is 2.29. The van der Waals surface area contributed by atoms with Crippen molar-refractivity contribution in [3.05, 3.63) is 0 Å². The van der Waals surface area contributed by atoms with Gasteiger partial charge in [-0.1, -0.05) is 98.3 Å². The molecule has 162 valence electrons. The highest BCUT2D eigenvalue weighted by atomic mass is 16.5. The first-order valence-corrected chi connectivity index (χ1v) is 12.1. The Morgan fingerprint density at radius 1 is 0.667 bits per heavy atom. The van der Waals surface area contributed by atoms with Crippen molar-refractivity contribution in [3.8, 4) is 0 Å². The average Bonchev–Trinajstić information content (AvgIpc) is 2.72. The highest BCUT2D eigenvalue weighted by molar-refractivity contribution is 5.65. The molecule has 0 aromatic carbocycles. The van der Waals surface area contributed by atoms with Crippen LogP contribution in [0.25, 0.3) is 0 Å². The average molecular weight is 383 g/mol. The number of hydrogen-bond donors (Lipinski definition) is 0. The third-order valence-corrected chi connectivity index (χ3v) is 6.49. The Morgan fingerprint density at radius 2 is 1.11 bits per heavy atom. The van der Waals surface area contributed by atoms with Crippen molar-refractivity contribution >= 4 is 5.97 Å². The van der Waals surface area contributed by atoms with Crippen LogP contribution in [0.15, 0.2) is 0 Å². The summed E-state index contributed by atoms with van der Waals surface area (Å²) in [7, 11) is 1.35. The zero-order chi connectivity index (χ0) is 20.5. The van der Waals surface area contributed by atoms with Gasteiger partial charge in [0.2, 0.25) is 0 Å². The van der Waals surface area contributed by atoms with Gasteiger partial charge in [-0.3, -0.25) is 4.79 Å². The lowest BCUT2D eigenvalue weighted by Gasteiger charge is -2.37. The van der Waals surface area contributed by atoms with Crippen molar-refractivity contribution in [2.75, 3.05) is 7.11 Å². The van der Waals surface area contributed by atoms with E-state index in [4.69, 9.17) is 0 Å². The summed E-state index contributed by atoms with van der Waals surface area (Å²) < 4.78 is 4.11. The van der Waals surface area contributed by atoms with Crippen molar-refractivity contribution in [2.45, 2.75) is 125 Å². The van der Waals surface area contributed by atoms with E-state index in [9.17, 15) is 4.79 Å². The monoisotopic (exact) mass is 382 g/mol. The van der Waals surface area contributed by atoms with E-state index in [0.29, 0.717) is 0 Å². The molecule has 0 heterocycles. The zero-order valence-corrected chi connectivity index (χ0v) is 19.5. The van der Waals surface area contributed by atoms with E-state index in [-0.39, 0.29) is 5.97 Å². The van der Waals surface area contributed by atoms with E-state index >= 15 is 0 Å². The van der Waals surface area contributed by atoms with Gasteiger partial charge in [0.15, 0.2) is 0 Å². The minimum absolute atomic E-state index is 0.245. The van der Waals surface area contributed by atoms with E-state index in [0.717, 1.165) is 23.7 Å². The predicted octanol–water partition coefficient (Wildman–Crippen LogP) is 8.19. The maximum atomic E-state index is 9.59. The Labute approximate surface area is 171 Å². The first-order chi connectivity index (χ1) is 13.0. The van der Waals surface area contributed by atoms with Gasteiger partial charge in [0.05, 0.1) is 7.11 Å². The largest absolute Gasteiger partial charge is 0.469 e. The molecule has 3 aliphatic carbocycles. The third-order valence-electron chi connectivity index (χ3n) is 6.49. The lowest BCUT2D eigenvalue weighted by Crippen LogP contribution is -2.25. The molecule has 0 saturated heterocycles.